The summed E-state index contributed by atoms with van der Waals surface area (Å²) in [6.45, 7) is 5.25. The number of hydrogen-bond acceptors (Lipinski definition) is 3. The van der Waals surface area contributed by atoms with Crippen LogP contribution in [0.2, 0.25) is 0 Å². The molecule has 1 heterocycles. The molecule has 1 saturated carbocycles. The second-order valence-electron chi connectivity index (χ2n) is 5.85. The molecule has 4 nitrogen and oxygen atoms in total. The van der Waals surface area contributed by atoms with Gasteiger partial charge in [0.05, 0.1) is 5.60 Å². The molecule has 18 heavy (non-hydrogen) atoms. The minimum Gasteiger partial charge on any atom is -0.388 e. The lowest BCUT2D eigenvalue weighted by Crippen LogP contribution is -2.51. The van der Waals surface area contributed by atoms with E-state index in [0.717, 1.165) is 38.9 Å². The summed E-state index contributed by atoms with van der Waals surface area (Å²) in [5, 5.41) is 13.7. The number of nitrogens with zero attached hydrogens (tertiary/aromatic N) is 1. The molecule has 104 valence electrons. The van der Waals surface area contributed by atoms with E-state index >= 15 is 0 Å². The first-order valence-electron chi connectivity index (χ1n) is 7.36. The molecule has 0 aromatic heterocycles. The first-order chi connectivity index (χ1) is 8.64. The zero-order chi connectivity index (χ0) is 13.0. The van der Waals surface area contributed by atoms with Crippen LogP contribution in [0.1, 0.15) is 45.4 Å². The van der Waals surface area contributed by atoms with Crippen LogP contribution >= 0.6 is 0 Å². The molecular weight excluding hydrogens is 228 g/mol. The zero-order valence-electron chi connectivity index (χ0n) is 11.5. The van der Waals surface area contributed by atoms with Gasteiger partial charge in [0, 0.05) is 25.6 Å². The lowest BCUT2D eigenvalue weighted by molar-refractivity contribution is -0.136. The Morgan fingerprint density at radius 2 is 2.06 bits per heavy atom. The number of amides is 1. The molecule has 0 aromatic rings. The second kappa shape index (κ2) is 6.02. The number of nitrogens with one attached hydrogen (secondary N) is 1. The van der Waals surface area contributed by atoms with Gasteiger partial charge in [0.2, 0.25) is 5.91 Å². The van der Waals surface area contributed by atoms with Crippen molar-refractivity contribution in [3.8, 4) is 0 Å². The van der Waals surface area contributed by atoms with Gasteiger partial charge >= 0.3 is 0 Å². The summed E-state index contributed by atoms with van der Waals surface area (Å²) in [7, 11) is 0. The molecule has 0 radical (unpaired) electrons. The van der Waals surface area contributed by atoms with Gasteiger partial charge < -0.3 is 15.3 Å². The Morgan fingerprint density at radius 1 is 1.39 bits per heavy atom. The number of likely N-dealkylation sites (tertiary alicyclic amines) is 1. The second-order valence-corrected chi connectivity index (χ2v) is 5.85. The molecule has 2 fully saturated rings. The summed E-state index contributed by atoms with van der Waals surface area (Å²) in [4.78, 5) is 13.8. The minimum absolute atomic E-state index is 0.305. The summed E-state index contributed by atoms with van der Waals surface area (Å²) < 4.78 is 0. The van der Waals surface area contributed by atoms with E-state index < -0.39 is 5.60 Å². The Balaban J connectivity index is 1.69. The molecule has 2 aliphatic rings. The van der Waals surface area contributed by atoms with Gasteiger partial charge in [-0.2, -0.15) is 0 Å². The average molecular weight is 254 g/mol. The molecule has 0 aromatic carbocycles. The van der Waals surface area contributed by atoms with E-state index in [1.807, 2.05) is 4.90 Å². The molecule has 0 unspecified atom stereocenters. The normalized spacial score (nSPS) is 23.1. The average Bonchev–Trinajstić information content (AvgIpc) is 3.19. The van der Waals surface area contributed by atoms with Crippen molar-refractivity contribution >= 4 is 5.91 Å². The van der Waals surface area contributed by atoms with Crippen LogP contribution in [0, 0.1) is 5.92 Å². The van der Waals surface area contributed by atoms with Crippen molar-refractivity contribution in [2.24, 2.45) is 5.92 Å². The summed E-state index contributed by atoms with van der Waals surface area (Å²) in [5.74, 6) is 0.620. The van der Waals surface area contributed by atoms with E-state index in [9.17, 15) is 9.90 Å². The maximum absolute atomic E-state index is 11.9. The topological polar surface area (TPSA) is 52.6 Å². The monoisotopic (exact) mass is 254 g/mol. The van der Waals surface area contributed by atoms with Crippen LogP contribution in [0.5, 0.6) is 0 Å². The molecule has 1 saturated heterocycles. The van der Waals surface area contributed by atoms with Crippen LogP contribution in [-0.2, 0) is 4.79 Å². The molecule has 1 aliphatic heterocycles. The molecule has 0 spiro atoms. The van der Waals surface area contributed by atoms with Crippen LogP contribution in [0.3, 0.4) is 0 Å². The van der Waals surface area contributed by atoms with E-state index in [0.29, 0.717) is 31.2 Å². The van der Waals surface area contributed by atoms with Crippen molar-refractivity contribution in [2.45, 2.75) is 51.0 Å². The van der Waals surface area contributed by atoms with Gasteiger partial charge in [-0.1, -0.05) is 13.3 Å². The summed E-state index contributed by atoms with van der Waals surface area (Å²) >= 11 is 0. The maximum Gasteiger partial charge on any atom is 0.225 e. The van der Waals surface area contributed by atoms with Crippen molar-refractivity contribution in [1.82, 2.24) is 10.2 Å². The first kappa shape index (κ1) is 13.8. The number of carbonyl (C=O) groups excluding carboxylic acids is 1. The number of rotatable bonds is 6. The molecule has 4 heteroatoms. The Labute approximate surface area is 110 Å². The predicted molar refractivity (Wildman–Crippen MR) is 71.3 cm³/mol. The zero-order valence-corrected chi connectivity index (χ0v) is 11.5. The molecule has 0 bridgehead atoms. The van der Waals surface area contributed by atoms with Crippen LogP contribution in [-0.4, -0.2) is 47.7 Å². The number of hydrogen-bond donors (Lipinski definition) is 2. The van der Waals surface area contributed by atoms with Gasteiger partial charge in [-0.05, 0) is 38.6 Å². The predicted octanol–water partition coefficient (Wildman–Crippen LogP) is 1.14. The largest absolute Gasteiger partial charge is 0.388 e. The van der Waals surface area contributed by atoms with Gasteiger partial charge in [0.25, 0.3) is 0 Å². The number of piperidine rings is 1. The smallest absolute Gasteiger partial charge is 0.225 e. The van der Waals surface area contributed by atoms with E-state index in [1.54, 1.807) is 0 Å². The molecule has 2 N–H and O–H groups in total. The van der Waals surface area contributed by atoms with Crippen molar-refractivity contribution in [1.29, 1.82) is 0 Å². The third-order valence-corrected chi connectivity index (χ3v) is 4.09. The van der Waals surface area contributed by atoms with Gasteiger partial charge in [0.15, 0.2) is 0 Å². The van der Waals surface area contributed by atoms with Crippen LogP contribution in [0.25, 0.3) is 0 Å². The standard InChI is InChI=1S/C14H26N2O2/c1-2-3-8-15-11-14(18)6-9-16(10-7-14)13(17)12-4-5-12/h12,15,18H,2-11H2,1H3. The summed E-state index contributed by atoms with van der Waals surface area (Å²) in [5.41, 5.74) is -0.603. The first-order valence-corrected chi connectivity index (χ1v) is 7.36. The van der Waals surface area contributed by atoms with Crippen molar-refractivity contribution < 1.29 is 9.90 Å². The molecule has 1 amide bonds. The highest BCUT2D eigenvalue weighted by Crippen LogP contribution is 2.33. The number of carbonyl (C=O) groups is 1. The third kappa shape index (κ3) is 3.69. The Hall–Kier alpha value is -0.610. The van der Waals surface area contributed by atoms with E-state index in [1.165, 1.54) is 6.42 Å². The Bertz CT molecular complexity index is 282. The molecule has 0 atom stereocenters. The van der Waals surface area contributed by atoms with Gasteiger partial charge in [-0.15, -0.1) is 0 Å². The van der Waals surface area contributed by atoms with Crippen LogP contribution in [0.15, 0.2) is 0 Å². The molecule has 1 aliphatic carbocycles. The fourth-order valence-electron chi connectivity index (χ4n) is 2.53. The summed E-state index contributed by atoms with van der Waals surface area (Å²) in [6.07, 6.45) is 5.89. The summed E-state index contributed by atoms with van der Waals surface area (Å²) in [6, 6.07) is 0. The van der Waals surface area contributed by atoms with Crippen LogP contribution in [0.4, 0.5) is 0 Å². The number of aliphatic hydroxyl groups is 1. The SMILES string of the molecule is CCCCNCC1(O)CCN(C(=O)C2CC2)CC1. The van der Waals surface area contributed by atoms with Crippen molar-refractivity contribution in [3.63, 3.8) is 0 Å². The molecular formula is C14H26N2O2. The van der Waals surface area contributed by atoms with Crippen molar-refractivity contribution in [3.05, 3.63) is 0 Å². The minimum atomic E-state index is -0.603. The lowest BCUT2D eigenvalue weighted by atomic mass is 9.91. The van der Waals surface area contributed by atoms with Gasteiger partial charge in [-0.25, -0.2) is 0 Å². The lowest BCUT2D eigenvalue weighted by Gasteiger charge is -2.38. The molecule has 2 rings (SSSR count). The quantitative estimate of drug-likeness (QED) is 0.699. The van der Waals surface area contributed by atoms with E-state index in [-0.39, 0.29) is 0 Å². The van der Waals surface area contributed by atoms with Gasteiger partial charge in [-0.3, -0.25) is 4.79 Å². The van der Waals surface area contributed by atoms with Gasteiger partial charge in [0.1, 0.15) is 0 Å². The van der Waals surface area contributed by atoms with Crippen LogP contribution < -0.4 is 5.32 Å². The fraction of sp³-hybridized carbons (Fsp3) is 0.929. The fourth-order valence-corrected chi connectivity index (χ4v) is 2.53. The Morgan fingerprint density at radius 3 is 2.61 bits per heavy atom. The van der Waals surface area contributed by atoms with E-state index in [2.05, 4.69) is 12.2 Å². The van der Waals surface area contributed by atoms with E-state index in [4.69, 9.17) is 0 Å². The highest BCUT2D eigenvalue weighted by Gasteiger charge is 2.38. The highest BCUT2D eigenvalue weighted by atomic mass is 16.3. The van der Waals surface area contributed by atoms with Crippen molar-refractivity contribution in [2.75, 3.05) is 26.2 Å². The third-order valence-electron chi connectivity index (χ3n) is 4.09. The Kier molecular flexibility index (Phi) is 4.62. The highest BCUT2D eigenvalue weighted by molar-refractivity contribution is 5.81. The maximum atomic E-state index is 11.9. The number of unbranched alkanes of at least 4 members (excludes halogenated alkanes) is 1.